The van der Waals surface area contributed by atoms with Gasteiger partial charge in [-0.3, -0.25) is 4.79 Å². The highest BCUT2D eigenvalue weighted by molar-refractivity contribution is 5.41. The molecule has 2 aromatic heterocycles. The Morgan fingerprint density at radius 3 is 2.72 bits per heavy atom. The van der Waals surface area contributed by atoms with Gasteiger partial charge < -0.3 is 10.3 Å². The highest BCUT2D eigenvalue weighted by Crippen LogP contribution is 2.05. The zero-order chi connectivity index (χ0) is 13.0. The molecule has 6 heteroatoms. The lowest BCUT2D eigenvalue weighted by molar-refractivity contribution is 0.580. The topological polar surface area (TPSA) is 83.6 Å². The van der Waals surface area contributed by atoms with Crippen molar-refractivity contribution in [3.05, 3.63) is 40.6 Å². The average Bonchev–Trinajstić information content (AvgIpc) is 2.37. The molecule has 0 aliphatic carbocycles. The van der Waals surface area contributed by atoms with Crippen LogP contribution in [0.3, 0.4) is 0 Å². The summed E-state index contributed by atoms with van der Waals surface area (Å²) in [7, 11) is 0. The van der Waals surface area contributed by atoms with Crippen LogP contribution in [0.2, 0.25) is 0 Å². The Bertz CT molecular complexity index is 564. The van der Waals surface area contributed by atoms with Crippen LogP contribution in [0.25, 0.3) is 11.6 Å². The lowest BCUT2D eigenvalue weighted by atomic mass is 10.3. The van der Waals surface area contributed by atoms with Gasteiger partial charge in [0.05, 0.1) is 5.69 Å². The Kier molecular flexibility index (Phi) is 3.78. The van der Waals surface area contributed by atoms with Crippen LogP contribution in [0.5, 0.6) is 0 Å². The Balaban J connectivity index is 2.30. The zero-order valence-corrected chi connectivity index (χ0v) is 10.3. The van der Waals surface area contributed by atoms with Crippen molar-refractivity contribution in [1.29, 1.82) is 0 Å². The maximum atomic E-state index is 11.6. The summed E-state index contributed by atoms with van der Waals surface area (Å²) in [6.07, 6.45) is 3.22. The van der Waals surface area contributed by atoms with Gasteiger partial charge in [0.25, 0.3) is 5.56 Å². The van der Waals surface area contributed by atoms with E-state index in [-0.39, 0.29) is 5.56 Å². The fraction of sp³-hybridized carbons (Fsp3) is 0.333. The summed E-state index contributed by atoms with van der Waals surface area (Å²) in [6, 6.07) is 3.52. The molecule has 0 spiro atoms. The van der Waals surface area contributed by atoms with Crippen LogP contribution in [-0.4, -0.2) is 26.0 Å². The van der Waals surface area contributed by atoms with E-state index in [0.717, 1.165) is 0 Å². The first-order chi connectivity index (χ1) is 8.65. The number of aromatic amines is 1. The number of H-pyrrole nitrogens is 1. The first-order valence-corrected chi connectivity index (χ1v) is 5.76. The second-order valence-corrected chi connectivity index (χ2v) is 4.19. The zero-order valence-electron chi connectivity index (χ0n) is 10.3. The standard InChI is InChI=1S/C12H15N5O/c1-8(2)15-7-9-6-10(18)17-12(16-9)11-13-4-3-5-14-11/h3-6,8,15H,7H2,1-2H3,(H,16,17,18). The highest BCUT2D eigenvalue weighted by Gasteiger charge is 2.06. The molecular weight excluding hydrogens is 230 g/mol. The molecular formula is C12H15N5O. The fourth-order valence-corrected chi connectivity index (χ4v) is 1.43. The summed E-state index contributed by atoms with van der Waals surface area (Å²) in [5.41, 5.74) is 0.475. The van der Waals surface area contributed by atoms with Gasteiger partial charge >= 0.3 is 0 Å². The van der Waals surface area contributed by atoms with E-state index in [1.165, 1.54) is 6.07 Å². The molecule has 2 aromatic rings. The predicted octanol–water partition coefficient (Wildman–Crippen LogP) is 0.725. The van der Waals surface area contributed by atoms with E-state index in [4.69, 9.17) is 0 Å². The number of hydrogen-bond acceptors (Lipinski definition) is 5. The van der Waals surface area contributed by atoms with E-state index in [2.05, 4.69) is 25.3 Å². The van der Waals surface area contributed by atoms with Gasteiger partial charge in [-0.25, -0.2) is 15.0 Å². The third-order valence-electron chi connectivity index (χ3n) is 2.26. The van der Waals surface area contributed by atoms with Gasteiger partial charge in [-0.1, -0.05) is 13.8 Å². The second kappa shape index (κ2) is 5.50. The third-order valence-corrected chi connectivity index (χ3v) is 2.26. The van der Waals surface area contributed by atoms with E-state index in [1.807, 2.05) is 13.8 Å². The molecule has 0 bridgehead atoms. The van der Waals surface area contributed by atoms with Gasteiger partial charge in [-0.2, -0.15) is 0 Å². The number of aromatic nitrogens is 4. The molecule has 0 atom stereocenters. The molecule has 0 fully saturated rings. The molecule has 2 heterocycles. The van der Waals surface area contributed by atoms with Crippen molar-refractivity contribution >= 4 is 0 Å². The van der Waals surface area contributed by atoms with Gasteiger partial charge in [0.15, 0.2) is 11.6 Å². The highest BCUT2D eigenvalue weighted by atomic mass is 16.1. The normalized spacial score (nSPS) is 10.8. The van der Waals surface area contributed by atoms with Crippen molar-refractivity contribution in [1.82, 2.24) is 25.3 Å². The number of rotatable bonds is 4. The Morgan fingerprint density at radius 1 is 1.33 bits per heavy atom. The van der Waals surface area contributed by atoms with Crippen LogP contribution in [0, 0.1) is 0 Å². The van der Waals surface area contributed by atoms with Crippen LogP contribution in [0.15, 0.2) is 29.3 Å². The quantitative estimate of drug-likeness (QED) is 0.829. The van der Waals surface area contributed by atoms with E-state index in [9.17, 15) is 4.79 Å². The number of nitrogens with one attached hydrogen (secondary N) is 2. The molecule has 2 rings (SSSR count). The van der Waals surface area contributed by atoms with Crippen molar-refractivity contribution < 1.29 is 0 Å². The van der Waals surface area contributed by atoms with Gasteiger partial charge in [0.1, 0.15) is 0 Å². The molecule has 0 aromatic carbocycles. The molecule has 0 aliphatic rings. The van der Waals surface area contributed by atoms with Crippen LogP contribution in [0.4, 0.5) is 0 Å². The van der Waals surface area contributed by atoms with Crippen LogP contribution in [-0.2, 0) is 6.54 Å². The largest absolute Gasteiger partial charge is 0.309 e. The van der Waals surface area contributed by atoms with E-state index in [1.54, 1.807) is 18.5 Å². The third kappa shape index (κ3) is 3.21. The van der Waals surface area contributed by atoms with E-state index in [0.29, 0.717) is 29.9 Å². The summed E-state index contributed by atoms with van der Waals surface area (Å²) in [4.78, 5) is 26.6. The lowest BCUT2D eigenvalue weighted by Crippen LogP contribution is -2.24. The summed E-state index contributed by atoms with van der Waals surface area (Å²) >= 11 is 0. The van der Waals surface area contributed by atoms with Gasteiger partial charge in [-0.05, 0) is 6.07 Å². The van der Waals surface area contributed by atoms with Crippen LogP contribution < -0.4 is 10.9 Å². The Hall–Kier alpha value is -2.08. The second-order valence-electron chi connectivity index (χ2n) is 4.19. The minimum atomic E-state index is -0.201. The van der Waals surface area contributed by atoms with Crippen LogP contribution in [0.1, 0.15) is 19.5 Å². The molecule has 0 aliphatic heterocycles. The minimum absolute atomic E-state index is 0.201. The molecule has 2 N–H and O–H groups in total. The SMILES string of the molecule is CC(C)NCc1cc(=O)[nH]c(-c2ncccn2)n1. The molecule has 0 radical (unpaired) electrons. The molecule has 0 unspecified atom stereocenters. The number of nitrogens with zero attached hydrogens (tertiary/aromatic N) is 3. The maximum absolute atomic E-state index is 11.6. The average molecular weight is 245 g/mol. The van der Waals surface area contributed by atoms with Crippen molar-refractivity contribution in [3.63, 3.8) is 0 Å². The molecule has 0 saturated heterocycles. The smallest absolute Gasteiger partial charge is 0.251 e. The van der Waals surface area contributed by atoms with Crippen molar-refractivity contribution in [3.8, 4) is 11.6 Å². The minimum Gasteiger partial charge on any atom is -0.309 e. The van der Waals surface area contributed by atoms with E-state index < -0.39 is 0 Å². The first kappa shape index (κ1) is 12.4. The predicted molar refractivity (Wildman–Crippen MR) is 67.9 cm³/mol. The summed E-state index contributed by atoms with van der Waals surface area (Å²) in [5, 5.41) is 3.21. The summed E-state index contributed by atoms with van der Waals surface area (Å²) in [5.74, 6) is 0.810. The van der Waals surface area contributed by atoms with Gasteiger partial charge in [0, 0.05) is 31.0 Å². The molecule has 6 nitrogen and oxygen atoms in total. The van der Waals surface area contributed by atoms with E-state index >= 15 is 0 Å². The van der Waals surface area contributed by atoms with Gasteiger partial charge in [0.2, 0.25) is 0 Å². The monoisotopic (exact) mass is 245 g/mol. The summed E-state index contributed by atoms with van der Waals surface area (Å²) in [6.45, 7) is 4.62. The maximum Gasteiger partial charge on any atom is 0.251 e. The summed E-state index contributed by atoms with van der Waals surface area (Å²) < 4.78 is 0. The molecule has 0 saturated carbocycles. The Labute approximate surface area is 105 Å². The van der Waals surface area contributed by atoms with Crippen molar-refractivity contribution in [2.45, 2.75) is 26.4 Å². The molecule has 0 amide bonds. The van der Waals surface area contributed by atoms with Gasteiger partial charge in [-0.15, -0.1) is 0 Å². The Morgan fingerprint density at radius 2 is 2.06 bits per heavy atom. The number of hydrogen-bond donors (Lipinski definition) is 2. The van der Waals surface area contributed by atoms with Crippen LogP contribution >= 0.6 is 0 Å². The fourth-order valence-electron chi connectivity index (χ4n) is 1.43. The first-order valence-electron chi connectivity index (χ1n) is 5.76. The molecule has 94 valence electrons. The lowest BCUT2D eigenvalue weighted by Gasteiger charge is -2.07. The molecule has 18 heavy (non-hydrogen) atoms. The van der Waals surface area contributed by atoms with Crippen molar-refractivity contribution in [2.75, 3.05) is 0 Å². The van der Waals surface area contributed by atoms with Crippen molar-refractivity contribution in [2.24, 2.45) is 0 Å².